The van der Waals surface area contributed by atoms with Gasteiger partial charge in [-0.2, -0.15) is 18.3 Å². The van der Waals surface area contributed by atoms with Gasteiger partial charge in [0.2, 0.25) is 5.88 Å². The monoisotopic (exact) mass is 536 g/mol. The molecule has 0 radical (unpaired) electrons. The summed E-state index contributed by atoms with van der Waals surface area (Å²) in [5.41, 5.74) is 1.41. The highest BCUT2D eigenvalue weighted by molar-refractivity contribution is 6.05. The summed E-state index contributed by atoms with van der Waals surface area (Å²) in [5.74, 6) is -1.82. The maximum Gasteiger partial charge on any atom is 0.435 e. The minimum absolute atomic E-state index is 0.0640. The molecule has 39 heavy (non-hydrogen) atoms. The molecule has 12 heteroatoms. The van der Waals surface area contributed by atoms with Crippen LogP contribution in [0.2, 0.25) is 0 Å². The number of hydrogen-bond donors (Lipinski definition) is 2. The number of carbonyl (C=O) groups is 2. The number of alkyl halides is 3. The average Bonchev–Trinajstić information content (AvgIpc) is 3.51. The van der Waals surface area contributed by atoms with Crippen molar-refractivity contribution in [1.82, 2.24) is 14.9 Å². The molecule has 5 aromatic rings. The zero-order valence-corrected chi connectivity index (χ0v) is 20.2. The van der Waals surface area contributed by atoms with Gasteiger partial charge in [-0.25, -0.2) is 9.48 Å². The van der Waals surface area contributed by atoms with Crippen molar-refractivity contribution in [2.24, 2.45) is 0 Å². The van der Waals surface area contributed by atoms with E-state index in [1.165, 1.54) is 48.5 Å². The number of benzene rings is 3. The number of amides is 1. The number of ether oxygens (including phenoxy) is 1. The second-order valence-electron chi connectivity index (χ2n) is 8.55. The quantitative estimate of drug-likeness (QED) is 0.267. The van der Waals surface area contributed by atoms with E-state index in [9.17, 15) is 22.8 Å². The fraction of sp³-hybridized carbons (Fsp3) is 0.111. The van der Waals surface area contributed by atoms with E-state index < -0.39 is 23.7 Å². The maximum absolute atomic E-state index is 13.5. The Bertz CT molecular complexity index is 1690. The number of nitrogens with zero attached hydrogens (tertiary/aromatic N) is 3. The van der Waals surface area contributed by atoms with Crippen LogP contribution in [0.3, 0.4) is 0 Å². The highest BCUT2D eigenvalue weighted by Gasteiger charge is 2.35. The van der Waals surface area contributed by atoms with Gasteiger partial charge >= 0.3 is 12.1 Å². The number of hydrogen-bond acceptors (Lipinski definition) is 6. The Morgan fingerprint density at radius 3 is 2.51 bits per heavy atom. The van der Waals surface area contributed by atoms with Crippen molar-refractivity contribution in [3.05, 3.63) is 101 Å². The molecule has 0 aliphatic heterocycles. The van der Waals surface area contributed by atoms with E-state index in [-0.39, 0.29) is 29.3 Å². The van der Waals surface area contributed by atoms with Gasteiger partial charge in [0.25, 0.3) is 5.91 Å². The Hall–Kier alpha value is -5.13. The SMILES string of the molecule is Cc1noc2cc(NC(=O)c3cccc(-n4nc(C(F)(F)F)cc4OCc4ccc(C(=O)O)cc4)c3)ccc12. The molecule has 3 aromatic carbocycles. The molecule has 0 spiro atoms. The average molecular weight is 536 g/mol. The first-order chi connectivity index (χ1) is 18.6. The van der Waals surface area contributed by atoms with Crippen molar-refractivity contribution in [2.75, 3.05) is 5.32 Å². The predicted octanol–water partition coefficient (Wildman–Crippen LogP) is 5.87. The van der Waals surface area contributed by atoms with E-state index in [1.807, 2.05) is 0 Å². The molecule has 2 heterocycles. The lowest BCUT2D eigenvalue weighted by Crippen LogP contribution is -2.13. The Balaban J connectivity index is 1.40. The number of anilines is 1. The standard InChI is InChI=1S/C27H19F3N4O5/c1-15-21-10-9-19(12-22(21)39-33-15)31-25(35)18-3-2-4-20(11-18)34-24(13-23(32-34)27(28,29)30)38-14-16-5-7-17(8-6-16)26(36)37/h2-13H,14H2,1H3,(H,31,35)(H,36,37). The van der Waals surface area contributed by atoms with Gasteiger partial charge in [-0.1, -0.05) is 23.4 Å². The molecular formula is C27H19F3N4O5. The zero-order valence-electron chi connectivity index (χ0n) is 20.2. The molecule has 9 nitrogen and oxygen atoms in total. The van der Waals surface area contributed by atoms with Crippen molar-refractivity contribution < 1.29 is 37.1 Å². The van der Waals surface area contributed by atoms with Crippen LogP contribution in [0.15, 0.2) is 77.3 Å². The van der Waals surface area contributed by atoms with E-state index in [0.717, 1.165) is 16.1 Å². The molecule has 0 saturated heterocycles. The van der Waals surface area contributed by atoms with Crippen LogP contribution < -0.4 is 10.1 Å². The first kappa shape index (κ1) is 25.5. The van der Waals surface area contributed by atoms with E-state index in [0.29, 0.717) is 22.5 Å². The Kier molecular flexibility index (Phi) is 6.52. The van der Waals surface area contributed by atoms with Crippen LogP contribution in [0, 0.1) is 6.92 Å². The third kappa shape index (κ3) is 5.44. The molecule has 0 unspecified atom stereocenters. The summed E-state index contributed by atoms with van der Waals surface area (Å²) < 4.78 is 52.2. The third-order valence-electron chi connectivity index (χ3n) is 5.82. The third-order valence-corrected chi connectivity index (χ3v) is 5.82. The van der Waals surface area contributed by atoms with Gasteiger partial charge in [-0.05, 0) is 55.0 Å². The second kappa shape index (κ2) is 9.97. The van der Waals surface area contributed by atoms with Crippen LogP contribution in [-0.4, -0.2) is 31.9 Å². The molecule has 1 amide bonds. The molecule has 2 N–H and O–H groups in total. The molecule has 0 fully saturated rings. The topological polar surface area (TPSA) is 119 Å². The van der Waals surface area contributed by atoms with Crippen molar-refractivity contribution in [3.8, 4) is 11.6 Å². The number of carbonyl (C=O) groups excluding carboxylic acids is 1. The molecule has 0 atom stereocenters. The van der Waals surface area contributed by atoms with Gasteiger partial charge in [0, 0.05) is 28.8 Å². The Labute approximate surface area is 218 Å². The van der Waals surface area contributed by atoms with Crippen LogP contribution in [0.5, 0.6) is 5.88 Å². The summed E-state index contributed by atoms with van der Waals surface area (Å²) in [5, 5.41) is 20.1. The van der Waals surface area contributed by atoms with E-state index in [1.54, 1.807) is 25.1 Å². The van der Waals surface area contributed by atoms with Crippen molar-refractivity contribution >= 4 is 28.5 Å². The van der Waals surface area contributed by atoms with Crippen molar-refractivity contribution in [3.63, 3.8) is 0 Å². The van der Waals surface area contributed by atoms with E-state index in [2.05, 4.69) is 15.6 Å². The van der Waals surface area contributed by atoms with Gasteiger partial charge in [-0.3, -0.25) is 4.79 Å². The first-order valence-electron chi connectivity index (χ1n) is 11.5. The first-order valence-corrected chi connectivity index (χ1v) is 11.5. The maximum atomic E-state index is 13.5. The molecule has 0 aliphatic rings. The molecule has 0 bridgehead atoms. The number of fused-ring (bicyclic) bond motifs is 1. The molecule has 0 saturated carbocycles. The lowest BCUT2D eigenvalue weighted by atomic mass is 10.1. The Morgan fingerprint density at radius 1 is 1.03 bits per heavy atom. The lowest BCUT2D eigenvalue weighted by molar-refractivity contribution is -0.141. The normalized spacial score (nSPS) is 11.5. The number of aryl methyl sites for hydroxylation is 1. The number of rotatable bonds is 7. The smallest absolute Gasteiger partial charge is 0.435 e. The summed E-state index contributed by atoms with van der Waals surface area (Å²) in [7, 11) is 0. The fourth-order valence-corrected chi connectivity index (χ4v) is 3.81. The van der Waals surface area contributed by atoms with Crippen molar-refractivity contribution in [2.45, 2.75) is 19.7 Å². The van der Waals surface area contributed by atoms with Crippen LogP contribution >= 0.6 is 0 Å². The number of aromatic carboxylic acids is 1. The summed E-state index contributed by atoms with van der Waals surface area (Å²) in [6, 6.07) is 17.4. The number of carboxylic acids is 1. The summed E-state index contributed by atoms with van der Waals surface area (Å²) in [6.07, 6.45) is -4.74. The van der Waals surface area contributed by atoms with Gasteiger partial charge in [0.1, 0.15) is 6.61 Å². The van der Waals surface area contributed by atoms with Crippen molar-refractivity contribution in [1.29, 1.82) is 0 Å². The summed E-state index contributed by atoms with van der Waals surface area (Å²) in [4.78, 5) is 24.0. The molecule has 2 aromatic heterocycles. The minimum atomic E-state index is -4.74. The zero-order chi connectivity index (χ0) is 27.7. The number of halogens is 3. The van der Waals surface area contributed by atoms with Gasteiger partial charge in [-0.15, -0.1) is 0 Å². The predicted molar refractivity (Wildman–Crippen MR) is 133 cm³/mol. The van der Waals surface area contributed by atoms with E-state index >= 15 is 0 Å². The van der Waals surface area contributed by atoms with Crippen LogP contribution in [0.1, 0.15) is 37.7 Å². The van der Waals surface area contributed by atoms with Gasteiger partial charge in [0.05, 0.1) is 16.9 Å². The number of aromatic nitrogens is 3. The summed E-state index contributed by atoms with van der Waals surface area (Å²) in [6.45, 7) is 1.65. The second-order valence-corrected chi connectivity index (χ2v) is 8.55. The molecule has 5 rings (SSSR count). The van der Waals surface area contributed by atoms with E-state index in [4.69, 9.17) is 14.4 Å². The van der Waals surface area contributed by atoms with Gasteiger partial charge < -0.3 is 19.7 Å². The number of nitrogens with one attached hydrogen (secondary N) is 1. The highest BCUT2D eigenvalue weighted by atomic mass is 19.4. The van der Waals surface area contributed by atoms with Crippen LogP contribution in [0.4, 0.5) is 18.9 Å². The minimum Gasteiger partial charge on any atom is -0.478 e. The lowest BCUT2D eigenvalue weighted by Gasteiger charge is -2.11. The van der Waals surface area contributed by atoms with Crippen LogP contribution in [-0.2, 0) is 12.8 Å². The molecule has 0 aliphatic carbocycles. The Morgan fingerprint density at radius 2 is 1.79 bits per heavy atom. The van der Waals surface area contributed by atoms with Gasteiger partial charge in [0.15, 0.2) is 11.3 Å². The molecule has 198 valence electrons. The fourth-order valence-electron chi connectivity index (χ4n) is 3.81. The summed E-state index contributed by atoms with van der Waals surface area (Å²) >= 11 is 0. The number of carboxylic acid groups (broad SMARTS) is 1. The van der Waals surface area contributed by atoms with Crippen LogP contribution in [0.25, 0.3) is 16.7 Å². The highest BCUT2D eigenvalue weighted by Crippen LogP contribution is 2.33. The largest absolute Gasteiger partial charge is 0.478 e. The molecular weight excluding hydrogens is 517 g/mol.